The summed E-state index contributed by atoms with van der Waals surface area (Å²) in [6, 6.07) is 5.45. The van der Waals surface area contributed by atoms with Crippen molar-refractivity contribution in [1.82, 2.24) is 5.32 Å². The van der Waals surface area contributed by atoms with Crippen LogP contribution in [0.25, 0.3) is 0 Å². The van der Waals surface area contributed by atoms with Crippen molar-refractivity contribution < 1.29 is 4.39 Å². The van der Waals surface area contributed by atoms with Crippen LogP contribution in [0.1, 0.15) is 32.8 Å². The Kier molecular flexibility index (Phi) is 5.73. The zero-order valence-corrected chi connectivity index (χ0v) is 13.5. The monoisotopic (exact) mass is 296 g/mol. The van der Waals surface area contributed by atoms with E-state index >= 15 is 0 Å². The van der Waals surface area contributed by atoms with Crippen LogP contribution in [-0.2, 0) is 6.54 Å². The van der Waals surface area contributed by atoms with Gasteiger partial charge in [-0.3, -0.25) is 0 Å². The molecule has 1 aromatic carbocycles. The molecule has 2 unspecified atom stereocenters. The predicted molar refractivity (Wildman–Crippen MR) is 87.1 cm³/mol. The Morgan fingerprint density at radius 3 is 2.65 bits per heavy atom. The van der Waals surface area contributed by atoms with Gasteiger partial charge in [-0.25, -0.2) is 4.39 Å². The summed E-state index contributed by atoms with van der Waals surface area (Å²) in [5.41, 5.74) is 1.87. The van der Waals surface area contributed by atoms with E-state index in [0.717, 1.165) is 37.3 Å². The van der Waals surface area contributed by atoms with Gasteiger partial charge in [0.25, 0.3) is 0 Å². The molecular formula is C16H25FN2S. The maximum Gasteiger partial charge on any atom is 0.129 e. The van der Waals surface area contributed by atoms with E-state index in [4.69, 9.17) is 0 Å². The molecule has 1 aromatic rings. The van der Waals surface area contributed by atoms with Gasteiger partial charge in [0.2, 0.25) is 0 Å². The molecule has 112 valence electrons. The summed E-state index contributed by atoms with van der Waals surface area (Å²) in [4.78, 5) is 2.35. The summed E-state index contributed by atoms with van der Waals surface area (Å²) in [5, 5.41) is 4.51. The summed E-state index contributed by atoms with van der Waals surface area (Å²) < 4.78 is 14.2. The lowest BCUT2D eigenvalue weighted by atomic mass is 10.1. The highest BCUT2D eigenvalue weighted by molar-refractivity contribution is 8.00. The Bertz CT molecular complexity index is 428. The molecule has 0 saturated carbocycles. The molecule has 2 nitrogen and oxygen atoms in total. The van der Waals surface area contributed by atoms with Crippen molar-refractivity contribution in [3.05, 3.63) is 29.6 Å². The highest BCUT2D eigenvalue weighted by Crippen LogP contribution is 2.31. The Labute approximate surface area is 126 Å². The van der Waals surface area contributed by atoms with Gasteiger partial charge in [-0.05, 0) is 25.1 Å². The molecule has 1 heterocycles. The lowest BCUT2D eigenvalue weighted by molar-refractivity contribution is 0.583. The van der Waals surface area contributed by atoms with Crippen LogP contribution >= 0.6 is 11.8 Å². The van der Waals surface area contributed by atoms with Gasteiger partial charge in [-0.2, -0.15) is 11.8 Å². The van der Waals surface area contributed by atoms with Crippen LogP contribution in [-0.4, -0.2) is 30.1 Å². The van der Waals surface area contributed by atoms with Gasteiger partial charge in [0.15, 0.2) is 0 Å². The molecule has 1 aliphatic rings. The van der Waals surface area contributed by atoms with Crippen LogP contribution in [0.2, 0.25) is 0 Å². The van der Waals surface area contributed by atoms with Crippen LogP contribution in [0, 0.1) is 5.82 Å². The third kappa shape index (κ3) is 3.89. The number of rotatable bonds is 5. The van der Waals surface area contributed by atoms with Crippen molar-refractivity contribution >= 4 is 17.4 Å². The molecular weight excluding hydrogens is 271 g/mol. The molecule has 1 aliphatic heterocycles. The molecule has 0 aromatic heterocycles. The fourth-order valence-corrected chi connectivity index (χ4v) is 4.11. The van der Waals surface area contributed by atoms with E-state index in [9.17, 15) is 4.39 Å². The van der Waals surface area contributed by atoms with Crippen LogP contribution in [0.4, 0.5) is 10.1 Å². The molecule has 0 radical (unpaired) electrons. The second kappa shape index (κ2) is 7.32. The average molecular weight is 296 g/mol. The van der Waals surface area contributed by atoms with Crippen molar-refractivity contribution in [3.63, 3.8) is 0 Å². The topological polar surface area (TPSA) is 15.3 Å². The quantitative estimate of drug-likeness (QED) is 0.835. The Morgan fingerprint density at radius 2 is 2.00 bits per heavy atom. The van der Waals surface area contributed by atoms with Gasteiger partial charge in [0.1, 0.15) is 5.82 Å². The predicted octanol–water partition coefficient (Wildman–Crippen LogP) is 3.66. The van der Waals surface area contributed by atoms with Crippen LogP contribution in [0.5, 0.6) is 0 Å². The minimum absolute atomic E-state index is 0.0929. The summed E-state index contributed by atoms with van der Waals surface area (Å²) in [7, 11) is 0. The van der Waals surface area contributed by atoms with Crippen molar-refractivity contribution in [3.8, 4) is 0 Å². The molecule has 2 rings (SSSR count). The summed E-state index contributed by atoms with van der Waals surface area (Å²) >= 11 is 2.02. The maximum absolute atomic E-state index is 14.2. The lowest BCUT2D eigenvalue weighted by Crippen LogP contribution is -2.41. The van der Waals surface area contributed by atoms with Crippen molar-refractivity contribution in [2.24, 2.45) is 0 Å². The second-order valence-electron chi connectivity index (χ2n) is 5.58. The first-order chi connectivity index (χ1) is 9.61. The molecule has 4 heteroatoms. The van der Waals surface area contributed by atoms with Crippen molar-refractivity contribution in [2.45, 2.75) is 44.2 Å². The van der Waals surface area contributed by atoms with E-state index in [0.29, 0.717) is 17.0 Å². The van der Waals surface area contributed by atoms with Gasteiger partial charge < -0.3 is 10.2 Å². The van der Waals surface area contributed by atoms with Gasteiger partial charge in [-0.15, -0.1) is 0 Å². The minimum Gasteiger partial charge on any atom is -0.369 e. The van der Waals surface area contributed by atoms with Gasteiger partial charge >= 0.3 is 0 Å². The molecule has 1 fully saturated rings. The van der Waals surface area contributed by atoms with Crippen molar-refractivity contribution in [2.75, 3.05) is 24.5 Å². The summed E-state index contributed by atoms with van der Waals surface area (Å²) in [6.07, 6.45) is 1.07. The number of hydrogen-bond acceptors (Lipinski definition) is 3. The van der Waals surface area contributed by atoms with Crippen LogP contribution in [0.3, 0.4) is 0 Å². The molecule has 1 N–H and O–H groups in total. The van der Waals surface area contributed by atoms with Gasteiger partial charge in [-0.1, -0.05) is 26.8 Å². The molecule has 0 bridgehead atoms. The first-order valence-electron chi connectivity index (χ1n) is 7.50. The summed E-state index contributed by atoms with van der Waals surface area (Å²) in [5.74, 6) is -0.0929. The Morgan fingerprint density at radius 1 is 1.30 bits per heavy atom. The number of nitrogens with zero attached hydrogens (tertiary/aromatic N) is 1. The van der Waals surface area contributed by atoms with E-state index in [2.05, 4.69) is 37.1 Å². The number of hydrogen-bond donors (Lipinski definition) is 1. The van der Waals surface area contributed by atoms with Crippen LogP contribution < -0.4 is 10.2 Å². The molecule has 0 amide bonds. The maximum atomic E-state index is 14.2. The zero-order valence-electron chi connectivity index (χ0n) is 12.7. The molecule has 0 spiro atoms. The molecule has 0 aliphatic carbocycles. The lowest BCUT2D eigenvalue weighted by Gasteiger charge is -2.37. The smallest absolute Gasteiger partial charge is 0.129 e. The zero-order chi connectivity index (χ0) is 14.5. The van der Waals surface area contributed by atoms with E-state index in [-0.39, 0.29) is 5.82 Å². The fraction of sp³-hybridized carbons (Fsp3) is 0.625. The van der Waals surface area contributed by atoms with Gasteiger partial charge in [0.05, 0.1) is 0 Å². The number of nitrogens with one attached hydrogen (secondary N) is 1. The van der Waals surface area contributed by atoms with E-state index < -0.39 is 0 Å². The number of benzene rings is 1. The third-order valence-corrected chi connectivity index (χ3v) is 4.81. The van der Waals surface area contributed by atoms with E-state index in [1.165, 1.54) is 0 Å². The molecule has 2 atom stereocenters. The van der Waals surface area contributed by atoms with E-state index in [1.807, 2.05) is 17.8 Å². The van der Waals surface area contributed by atoms with E-state index in [1.54, 1.807) is 6.07 Å². The van der Waals surface area contributed by atoms with Gasteiger partial charge in [0, 0.05) is 41.4 Å². The largest absolute Gasteiger partial charge is 0.369 e. The summed E-state index contributed by atoms with van der Waals surface area (Å²) in [6.45, 7) is 10.2. The van der Waals surface area contributed by atoms with Crippen LogP contribution in [0.15, 0.2) is 18.2 Å². The highest BCUT2D eigenvalue weighted by atomic mass is 32.2. The first kappa shape index (κ1) is 15.6. The van der Waals surface area contributed by atoms with Crippen molar-refractivity contribution in [1.29, 1.82) is 0 Å². The SMILES string of the molecule is CCCNCc1c(F)cccc1N1CC(C)SC(C)C1. The standard InChI is InChI=1S/C16H25FN2S/c1-4-8-18-9-14-15(17)6-5-7-16(14)19-10-12(2)20-13(3)11-19/h5-7,12-13,18H,4,8-11H2,1-3H3. The highest BCUT2D eigenvalue weighted by Gasteiger charge is 2.24. The normalized spacial score (nSPS) is 23.1. The average Bonchev–Trinajstić information content (AvgIpc) is 2.39. The Balaban J connectivity index is 2.19. The third-order valence-electron chi connectivity index (χ3n) is 3.58. The second-order valence-corrected chi connectivity index (χ2v) is 7.46. The number of anilines is 1. The molecule has 1 saturated heterocycles. The number of halogens is 1. The molecule has 20 heavy (non-hydrogen) atoms. The number of thioether (sulfide) groups is 1. The Hall–Kier alpha value is -0.740. The first-order valence-corrected chi connectivity index (χ1v) is 8.44. The fourth-order valence-electron chi connectivity index (χ4n) is 2.78. The minimum atomic E-state index is -0.0929.